The summed E-state index contributed by atoms with van der Waals surface area (Å²) in [4.78, 5) is 28.5. The summed E-state index contributed by atoms with van der Waals surface area (Å²) >= 11 is 0. The Labute approximate surface area is 197 Å². The summed E-state index contributed by atoms with van der Waals surface area (Å²) in [6.45, 7) is 0. The highest BCUT2D eigenvalue weighted by molar-refractivity contribution is 6.46. The Morgan fingerprint density at radius 3 is 2.18 bits per heavy atom. The molecule has 1 N–H and O–H groups in total. The molecule has 0 spiro atoms. The van der Waals surface area contributed by atoms with Crippen molar-refractivity contribution in [3.8, 4) is 11.5 Å². The number of para-hydroxylation sites is 1. The number of carbonyl (C=O) groups is 2. The Hall–Kier alpha value is -4.58. The number of nitrogens with zero attached hydrogens (tertiary/aromatic N) is 1. The summed E-state index contributed by atoms with van der Waals surface area (Å²) in [5, 5.41) is 5.25. The molecule has 168 valence electrons. The highest BCUT2D eigenvalue weighted by Crippen LogP contribution is 2.38. The summed E-state index contributed by atoms with van der Waals surface area (Å²) in [5.41, 5.74) is 2.27. The van der Waals surface area contributed by atoms with E-state index in [1.54, 1.807) is 49.6 Å². The second-order valence-electron chi connectivity index (χ2n) is 7.75. The van der Waals surface area contributed by atoms with Crippen molar-refractivity contribution in [3.05, 3.63) is 102 Å². The molecule has 34 heavy (non-hydrogen) atoms. The molecule has 0 saturated heterocycles. The van der Waals surface area contributed by atoms with Gasteiger partial charge >= 0.3 is 0 Å². The molecule has 0 bridgehead atoms. The SMILES string of the molecule is COc1ccc(C2=C(Nc3cccc4ccccc34)C(=O)N(c3ccccc3)C2=O)cc1OC. The summed E-state index contributed by atoms with van der Waals surface area (Å²) in [5.74, 6) is 0.169. The molecule has 0 atom stereocenters. The zero-order valence-electron chi connectivity index (χ0n) is 18.7. The normalized spacial score (nSPS) is 13.5. The van der Waals surface area contributed by atoms with Crippen LogP contribution in [0.15, 0.2) is 96.7 Å². The van der Waals surface area contributed by atoms with Crippen LogP contribution in [0.25, 0.3) is 16.3 Å². The number of amides is 2. The van der Waals surface area contributed by atoms with E-state index in [9.17, 15) is 9.59 Å². The first kappa shape index (κ1) is 21.3. The van der Waals surface area contributed by atoms with Gasteiger partial charge in [-0.3, -0.25) is 9.59 Å². The predicted molar refractivity (Wildman–Crippen MR) is 133 cm³/mol. The molecule has 1 heterocycles. The van der Waals surface area contributed by atoms with E-state index in [1.807, 2.05) is 48.5 Å². The van der Waals surface area contributed by atoms with Crippen molar-refractivity contribution in [2.75, 3.05) is 24.4 Å². The quantitative estimate of drug-likeness (QED) is 0.406. The number of fused-ring (bicyclic) bond motifs is 1. The van der Waals surface area contributed by atoms with E-state index < -0.39 is 11.8 Å². The first-order valence-electron chi connectivity index (χ1n) is 10.8. The Morgan fingerprint density at radius 1 is 0.706 bits per heavy atom. The van der Waals surface area contributed by atoms with Crippen LogP contribution in [0.5, 0.6) is 11.5 Å². The maximum Gasteiger partial charge on any atom is 0.282 e. The number of rotatable bonds is 6. The molecular weight excluding hydrogens is 428 g/mol. The lowest BCUT2D eigenvalue weighted by Crippen LogP contribution is -2.32. The third-order valence-electron chi connectivity index (χ3n) is 5.82. The lowest BCUT2D eigenvalue weighted by molar-refractivity contribution is -0.120. The molecule has 0 radical (unpaired) electrons. The molecule has 1 aliphatic heterocycles. The molecule has 2 amide bonds. The molecule has 1 aliphatic rings. The lowest BCUT2D eigenvalue weighted by Gasteiger charge is -2.15. The van der Waals surface area contributed by atoms with Gasteiger partial charge in [-0.25, -0.2) is 4.90 Å². The van der Waals surface area contributed by atoms with Crippen molar-refractivity contribution in [3.63, 3.8) is 0 Å². The van der Waals surface area contributed by atoms with Gasteiger partial charge in [0.2, 0.25) is 0 Å². The molecule has 4 aromatic rings. The third-order valence-corrected chi connectivity index (χ3v) is 5.82. The van der Waals surface area contributed by atoms with Crippen LogP contribution in [0.3, 0.4) is 0 Å². The number of imide groups is 1. The van der Waals surface area contributed by atoms with E-state index in [0.29, 0.717) is 22.7 Å². The number of nitrogens with one attached hydrogen (secondary N) is 1. The van der Waals surface area contributed by atoms with Gasteiger partial charge in [0, 0.05) is 11.1 Å². The first-order valence-corrected chi connectivity index (χ1v) is 10.8. The van der Waals surface area contributed by atoms with Crippen molar-refractivity contribution in [2.24, 2.45) is 0 Å². The van der Waals surface area contributed by atoms with Gasteiger partial charge in [0.15, 0.2) is 11.5 Å². The van der Waals surface area contributed by atoms with E-state index in [1.165, 1.54) is 12.0 Å². The fourth-order valence-electron chi connectivity index (χ4n) is 4.19. The Kier molecular flexibility index (Phi) is 5.47. The minimum atomic E-state index is -0.422. The van der Waals surface area contributed by atoms with Gasteiger partial charge in [0.05, 0.1) is 25.5 Å². The standard InChI is InChI=1S/C28H22N2O4/c1-33-23-16-15-19(17-24(23)34-2)25-26(28(32)30(27(25)31)20-11-4-3-5-12-20)29-22-14-8-10-18-9-6-7-13-21(18)22/h3-17,29H,1-2H3. The second kappa shape index (κ2) is 8.75. The monoisotopic (exact) mass is 450 g/mol. The summed E-state index contributed by atoms with van der Waals surface area (Å²) in [6.07, 6.45) is 0. The average Bonchev–Trinajstić information content (AvgIpc) is 3.13. The number of methoxy groups -OCH3 is 2. The van der Waals surface area contributed by atoms with E-state index in [2.05, 4.69) is 5.32 Å². The van der Waals surface area contributed by atoms with E-state index in [4.69, 9.17) is 9.47 Å². The first-order chi connectivity index (χ1) is 16.6. The minimum absolute atomic E-state index is 0.206. The molecule has 6 heteroatoms. The van der Waals surface area contributed by atoms with Crippen molar-refractivity contribution < 1.29 is 19.1 Å². The van der Waals surface area contributed by atoms with Crippen LogP contribution in [-0.2, 0) is 9.59 Å². The van der Waals surface area contributed by atoms with Crippen molar-refractivity contribution >= 4 is 39.5 Å². The Morgan fingerprint density at radius 2 is 1.41 bits per heavy atom. The van der Waals surface area contributed by atoms with Crippen molar-refractivity contribution in [2.45, 2.75) is 0 Å². The maximum absolute atomic E-state index is 13.7. The Bertz CT molecular complexity index is 1440. The second-order valence-corrected chi connectivity index (χ2v) is 7.75. The van der Waals surface area contributed by atoms with Gasteiger partial charge < -0.3 is 14.8 Å². The van der Waals surface area contributed by atoms with Gasteiger partial charge in [0.25, 0.3) is 11.8 Å². The summed E-state index contributed by atoms with van der Waals surface area (Å²) in [7, 11) is 3.08. The molecular formula is C28H22N2O4. The molecule has 0 fully saturated rings. The van der Waals surface area contributed by atoms with E-state index >= 15 is 0 Å². The van der Waals surface area contributed by atoms with Crippen LogP contribution in [0.1, 0.15) is 5.56 Å². The smallest absolute Gasteiger partial charge is 0.282 e. The van der Waals surface area contributed by atoms with Crippen LogP contribution in [0.2, 0.25) is 0 Å². The van der Waals surface area contributed by atoms with Gasteiger partial charge in [-0.05, 0) is 41.3 Å². The van der Waals surface area contributed by atoms with Gasteiger partial charge in [0.1, 0.15) is 5.70 Å². The highest BCUT2D eigenvalue weighted by Gasteiger charge is 2.40. The van der Waals surface area contributed by atoms with Gasteiger partial charge in [-0.15, -0.1) is 0 Å². The molecule has 4 aromatic carbocycles. The number of anilines is 2. The molecule has 0 aliphatic carbocycles. The van der Waals surface area contributed by atoms with Crippen LogP contribution in [-0.4, -0.2) is 26.0 Å². The fourth-order valence-corrected chi connectivity index (χ4v) is 4.19. The van der Waals surface area contributed by atoms with Crippen LogP contribution in [0, 0.1) is 0 Å². The number of ether oxygens (including phenoxy) is 2. The van der Waals surface area contributed by atoms with Gasteiger partial charge in [-0.1, -0.05) is 60.7 Å². The topological polar surface area (TPSA) is 67.9 Å². The molecule has 0 unspecified atom stereocenters. The zero-order valence-corrected chi connectivity index (χ0v) is 18.7. The molecule has 5 rings (SSSR count). The number of benzene rings is 4. The third kappa shape index (κ3) is 3.55. The summed E-state index contributed by atoms with van der Waals surface area (Å²) in [6, 6.07) is 27.8. The maximum atomic E-state index is 13.7. The zero-order chi connectivity index (χ0) is 23.7. The van der Waals surface area contributed by atoms with Crippen molar-refractivity contribution in [1.82, 2.24) is 0 Å². The van der Waals surface area contributed by atoms with Gasteiger partial charge in [-0.2, -0.15) is 0 Å². The lowest BCUT2D eigenvalue weighted by atomic mass is 10.0. The largest absolute Gasteiger partial charge is 0.493 e. The predicted octanol–water partition coefficient (Wildman–Crippen LogP) is 5.25. The molecule has 6 nitrogen and oxygen atoms in total. The number of carbonyl (C=O) groups excluding carboxylic acids is 2. The van der Waals surface area contributed by atoms with E-state index in [-0.39, 0.29) is 11.3 Å². The van der Waals surface area contributed by atoms with Crippen LogP contribution in [0.4, 0.5) is 11.4 Å². The average molecular weight is 450 g/mol. The minimum Gasteiger partial charge on any atom is -0.493 e. The van der Waals surface area contributed by atoms with Crippen LogP contribution >= 0.6 is 0 Å². The highest BCUT2D eigenvalue weighted by atomic mass is 16.5. The number of hydrogen-bond donors (Lipinski definition) is 1. The molecule has 0 saturated carbocycles. The fraction of sp³-hybridized carbons (Fsp3) is 0.0714. The van der Waals surface area contributed by atoms with E-state index in [0.717, 1.165) is 16.5 Å². The number of hydrogen-bond acceptors (Lipinski definition) is 5. The summed E-state index contributed by atoms with van der Waals surface area (Å²) < 4.78 is 10.8. The van der Waals surface area contributed by atoms with Crippen LogP contribution < -0.4 is 19.7 Å². The van der Waals surface area contributed by atoms with Crippen molar-refractivity contribution in [1.29, 1.82) is 0 Å². The molecule has 0 aromatic heterocycles. The Balaban J connectivity index is 1.68.